The van der Waals surface area contributed by atoms with Crippen molar-refractivity contribution >= 4 is 0 Å². The first-order chi connectivity index (χ1) is 6.15. The zero-order valence-electron chi connectivity index (χ0n) is 7.88. The number of ether oxygens (including phenoxy) is 1. The van der Waals surface area contributed by atoms with E-state index in [-0.39, 0.29) is 11.9 Å². The maximum absolute atomic E-state index is 13.1. The Hall–Kier alpha value is -0.930. The van der Waals surface area contributed by atoms with Gasteiger partial charge in [0.15, 0.2) is 0 Å². The average molecular weight is 183 g/mol. The Morgan fingerprint density at radius 3 is 2.77 bits per heavy atom. The summed E-state index contributed by atoms with van der Waals surface area (Å²) in [5, 5.41) is 0. The molecule has 1 aromatic rings. The molecule has 0 aliphatic carbocycles. The van der Waals surface area contributed by atoms with Gasteiger partial charge in [-0.1, -0.05) is 12.1 Å². The van der Waals surface area contributed by atoms with Crippen LogP contribution in [0.4, 0.5) is 4.39 Å². The lowest BCUT2D eigenvalue weighted by Gasteiger charge is -2.11. The standard InChI is InChI=1S/C10H14FNO/c1-7-3-4-8(5-9(7)11)10(12)6-13-2/h3-5,10H,6,12H2,1-2H3/t10-/m0/s1. The van der Waals surface area contributed by atoms with Crippen molar-refractivity contribution in [2.24, 2.45) is 5.73 Å². The van der Waals surface area contributed by atoms with Crippen LogP contribution >= 0.6 is 0 Å². The lowest BCUT2D eigenvalue weighted by molar-refractivity contribution is 0.181. The van der Waals surface area contributed by atoms with E-state index >= 15 is 0 Å². The van der Waals surface area contributed by atoms with Crippen LogP contribution in [0, 0.1) is 12.7 Å². The molecular weight excluding hydrogens is 169 g/mol. The molecule has 72 valence electrons. The molecule has 0 bridgehead atoms. The van der Waals surface area contributed by atoms with E-state index in [0.717, 1.165) is 5.56 Å². The molecule has 0 amide bonds. The van der Waals surface area contributed by atoms with E-state index in [2.05, 4.69) is 0 Å². The highest BCUT2D eigenvalue weighted by atomic mass is 19.1. The van der Waals surface area contributed by atoms with Crippen LogP contribution in [0.15, 0.2) is 18.2 Å². The van der Waals surface area contributed by atoms with Gasteiger partial charge in [0.2, 0.25) is 0 Å². The van der Waals surface area contributed by atoms with Crippen molar-refractivity contribution in [1.82, 2.24) is 0 Å². The van der Waals surface area contributed by atoms with Gasteiger partial charge in [0.1, 0.15) is 5.82 Å². The minimum absolute atomic E-state index is 0.218. The van der Waals surface area contributed by atoms with E-state index in [0.29, 0.717) is 12.2 Å². The van der Waals surface area contributed by atoms with Crippen molar-refractivity contribution in [3.05, 3.63) is 35.1 Å². The van der Waals surface area contributed by atoms with Crippen LogP contribution in [0.25, 0.3) is 0 Å². The Bertz CT molecular complexity index is 288. The fourth-order valence-electron chi connectivity index (χ4n) is 1.12. The van der Waals surface area contributed by atoms with Crippen LogP contribution < -0.4 is 5.73 Å². The lowest BCUT2D eigenvalue weighted by atomic mass is 10.1. The molecule has 0 saturated carbocycles. The van der Waals surface area contributed by atoms with Crippen molar-refractivity contribution in [2.45, 2.75) is 13.0 Å². The van der Waals surface area contributed by atoms with E-state index in [1.807, 2.05) is 6.07 Å². The molecule has 2 nitrogen and oxygen atoms in total. The number of rotatable bonds is 3. The van der Waals surface area contributed by atoms with Gasteiger partial charge in [-0.3, -0.25) is 0 Å². The number of halogens is 1. The first-order valence-corrected chi connectivity index (χ1v) is 4.15. The molecule has 0 aliphatic heterocycles. The second kappa shape index (κ2) is 4.35. The lowest BCUT2D eigenvalue weighted by Crippen LogP contribution is -2.16. The fourth-order valence-corrected chi connectivity index (χ4v) is 1.12. The fraction of sp³-hybridized carbons (Fsp3) is 0.400. The van der Waals surface area contributed by atoms with Gasteiger partial charge in [-0.05, 0) is 24.1 Å². The summed E-state index contributed by atoms with van der Waals surface area (Å²) in [6.07, 6.45) is 0. The van der Waals surface area contributed by atoms with Crippen LogP contribution in [0.3, 0.4) is 0 Å². The number of benzene rings is 1. The summed E-state index contributed by atoms with van der Waals surface area (Å²) in [7, 11) is 1.57. The van der Waals surface area contributed by atoms with Crippen LogP contribution in [0.1, 0.15) is 17.2 Å². The Balaban J connectivity index is 2.84. The van der Waals surface area contributed by atoms with Gasteiger partial charge < -0.3 is 10.5 Å². The van der Waals surface area contributed by atoms with Crippen molar-refractivity contribution in [2.75, 3.05) is 13.7 Å². The van der Waals surface area contributed by atoms with Gasteiger partial charge in [-0.2, -0.15) is 0 Å². The summed E-state index contributed by atoms with van der Waals surface area (Å²) < 4.78 is 18.0. The molecule has 2 N–H and O–H groups in total. The second-order valence-corrected chi connectivity index (χ2v) is 3.07. The Kier molecular flexibility index (Phi) is 3.39. The minimum atomic E-state index is -0.250. The molecule has 1 aromatic carbocycles. The average Bonchev–Trinajstić information content (AvgIpc) is 2.10. The molecule has 1 rings (SSSR count). The summed E-state index contributed by atoms with van der Waals surface area (Å²) in [6.45, 7) is 2.13. The van der Waals surface area contributed by atoms with E-state index in [1.165, 1.54) is 6.07 Å². The SMILES string of the molecule is COC[C@H](N)c1ccc(C)c(F)c1. The van der Waals surface area contributed by atoms with Gasteiger partial charge in [0.25, 0.3) is 0 Å². The third-order valence-electron chi connectivity index (χ3n) is 1.97. The van der Waals surface area contributed by atoms with Crippen LogP contribution in [0.5, 0.6) is 0 Å². The highest BCUT2D eigenvalue weighted by Crippen LogP contribution is 2.14. The minimum Gasteiger partial charge on any atom is -0.383 e. The zero-order valence-corrected chi connectivity index (χ0v) is 7.88. The normalized spacial score (nSPS) is 12.9. The van der Waals surface area contributed by atoms with Gasteiger partial charge in [0.05, 0.1) is 12.6 Å². The summed E-state index contributed by atoms with van der Waals surface area (Å²) in [5.41, 5.74) is 7.13. The molecule has 0 aliphatic rings. The molecule has 0 spiro atoms. The number of aryl methyl sites for hydroxylation is 1. The van der Waals surface area contributed by atoms with Crippen LogP contribution in [-0.4, -0.2) is 13.7 Å². The van der Waals surface area contributed by atoms with Gasteiger partial charge in [0, 0.05) is 7.11 Å². The third-order valence-corrected chi connectivity index (χ3v) is 1.97. The molecular formula is C10H14FNO. The summed E-state index contributed by atoms with van der Waals surface area (Å²) in [4.78, 5) is 0. The van der Waals surface area contributed by atoms with Crippen molar-refractivity contribution in [3.63, 3.8) is 0 Å². The molecule has 0 fully saturated rings. The first-order valence-electron chi connectivity index (χ1n) is 4.15. The molecule has 0 unspecified atom stereocenters. The highest BCUT2D eigenvalue weighted by molar-refractivity contribution is 5.25. The predicted octanol–water partition coefficient (Wildman–Crippen LogP) is 1.78. The Morgan fingerprint density at radius 1 is 1.54 bits per heavy atom. The van der Waals surface area contributed by atoms with E-state index in [4.69, 9.17) is 10.5 Å². The summed E-state index contributed by atoms with van der Waals surface area (Å²) >= 11 is 0. The maximum atomic E-state index is 13.1. The van der Waals surface area contributed by atoms with Crippen molar-refractivity contribution in [3.8, 4) is 0 Å². The van der Waals surface area contributed by atoms with Gasteiger partial charge >= 0.3 is 0 Å². The van der Waals surface area contributed by atoms with Gasteiger partial charge in [-0.25, -0.2) is 4.39 Å². The molecule has 0 heterocycles. The molecule has 13 heavy (non-hydrogen) atoms. The Labute approximate surface area is 77.5 Å². The van der Waals surface area contributed by atoms with Crippen molar-refractivity contribution in [1.29, 1.82) is 0 Å². The molecule has 0 saturated heterocycles. The molecule has 3 heteroatoms. The van der Waals surface area contributed by atoms with Gasteiger partial charge in [-0.15, -0.1) is 0 Å². The Morgan fingerprint density at radius 2 is 2.23 bits per heavy atom. The number of hydrogen-bond acceptors (Lipinski definition) is 2. The third kappa shape index (κ3) is 2.50. The van der Waals surface area contributed by atoms with Crippen LogP contribution in [0.2, 0.25) is 0 Å². The second-order valence-electron chi connectivity index (χ2n) is 3.07. The van der Waals surface area contributed by atoms with E-state index in [1.54, 1.807) is 20.1 Å². The van der Waals surface area contributed by atoms with E-state index in [9.17, 15) is 4.39 Å². The largest absolute Gasteiger partial charge is 0.383 e. The molecule has 0 radical (unpaired) electrons. The molecule has 1 atom stereocenters. The predicted molar refractivity (Wildman–Crippen MR) is 49.9 cm³/mol. The van der Waals surface area contributed by atoms with E-state index < -0.39 is 0 Å². The topological polar surface area (TPSA) is 35.2 Å². The quantitative estimate of drug-likeness (QED) is 0.775. The van der Waals surface area contributed by atoms with Crippen molar-refractivity contribution < 1.29 is 9.13 Å². The highest BCUT2D eigenvalue weighted by Gasteiger charge is 2.07. The summed E-state index contributed by atoms with van der Waals surface area (Å²) in [5.74, 6) is -0.218. The maximum Gasteiger partial charge on any atom is 0.126 e. The monoisotopic (exact) mass is 183 g/mol. The summed E-state index contributed by atoms with van der Waals surface area (Å²) in [6, 6.07) is 4.75. The smallest absolute Gasteiger partial charge is 0.126 e. The van der Waals surface area contributed by atoms with Crippen LogP contribution in [-0.2, 0) is 4.74 Å². The number of hydrogen-bond donors (Lipinski definition) is 1. The first kappa shape index (κ1) is 10.2. The zero-order chi connectivity index (χ0) is 9.84. The number of methoxy groups -OCH3 is 1. The number of nitrogens with two attached hydrogens (primary N) is 1. The molecule has 0 aromatic heterocycles.